The van der Waals surface area contributed by atoms with Crippen LogP contribution in [0.4, 0.5) is 0 Å². The van der Waals surface area contributed by atoms with Gasteiger partial charge in [0, 0.05) is 16.1 Å². The molecular weight excluding hydrogens is 200 g/mol. The molecule has 3 aliphatic carbocycles. The predicted octanol–water partition coefficient (Wildman–Crippen LogP) is 3.69. The Kier molecular flexibility index (Phi) is 1.53. The number of rotatable bonds is 0. The van der Waals surface area contributed by atoms with E-state index in [0.717, 1.165) is 11.8 Å². The highest BCUT2D eigenvalue weighted by molar-refractivity contribution is 8.04. The van der Waals surface area contributed by atoms with Gasteiger partial charge >= 0.3 is 0 Å². The predicted molar refractivity (Wildman–Crippen MR) is 65.5 cm³/mol. The van der Waals surface area contributed by atoms with Gasteiger partial charge in [0.25, 0.3) is 0 Å². The molecule has 0 bridgehead atoms. The second-order valence-electron chi connectivity index (χ2n) is 5.02. The third kappa shape index (κ3) is 1.05. The number of fused-ring (bicyclic) bond motifs is 4. The van der Waals surface area contributed by atoms with E-state index in [2.05, 4.69) is 49.1 Å². The van der Waals surface area contributed by atoms with Crippen molar-refractivity contribution in [3.05, 3.63) is 46.4 Å². The minimum absolute atomic E-state index is 0.697. The first-order chi connectivity index (χ1) is 7.34. The van der Waals surface area contributed by atoms with Crippen LogP contribution < -0.4 is 0 Å². The zero-order valence-electron chi connectivity index (χ0n) is 8.81. The largest absolute Gasteiger partial charge is 0.117 e. The first-order valence-corrected chi connectivity index (χ1v) is 6.67. The van der Waals surface area contributed by atoms with E-state index in [1.54, 1.807) is 16.1 Å². The molecule has 1 heteroatoms. The van der Waals surface area contributed by atoms with E-state index in [4.69, 9.17) is 0 Å². The van der Waals surface area contributed by atoms with Gasteiger partial charge in [0.15, 0.2) is 0 Å². The molecule has 15 heavy (non-hydrogen) atoms. The highest BCUT2D eigenvalue weighted by Gasteiger charge is 2.49. The minimum atomic E-state index is 0.697. The van der Waals surface area contributed by atoms with E-state index >= 15 is 0 Å². The summed E-state index contributed by atoms with van der Waals surface area (Å²) in [5.41, 5.74) is 3.32. The second kappa shape index (κ2) is 2.70. The number of hydrogen-bond acceptors (Lipinski definition) is 1. The molecule has 0 amide bonds. The zero-order valence-corrected chi connectivity index (χ0v) is 9.63. The fourth-order valence-corrected chi connectivity index (χ4v) is 4.73. The van der Waals surface area contributed by atoms with Crippen molar-refractivity contribution in [1.29, 1.82) is 0 Å². The Hall–Kier alpha value is -0.690. The summed E-state index contributed by atoms with van der Waals surface area (Å²) >= 11 is 2.09. The molecule has 1 saturated carbocycles. The van der Waals surface area contributed by atoms with Gasteiger partial charge in [-0.25, -0.2) is 0 Å². The van der Waals surface area contributed by atoms with Crippen LogP contribution in [0.2, 0.25) is 0 Å². The Morgan fingerprint density at radius 2 is 2.13 bits per heavy atom. The van der Waals surface area contributed by atoms with Gasteiger partial charge in [-0.15, -0.1) is 11.8 Å². The topological polar surface area (TPSA) is 0 Å². The molecule has 0 aromatic rings. The molecule has 4 aliphatic rings. The van der Waals surface area contributed by atoms with E-state index in [-0.39, 0.29) is 0 Å². The van der Waals surface area contributed by atoms with E-state index in [0.29, 0.717) is 11.2 Å². The minimum Gasteiger partial charge on any atom is -0.117 e. The molecule has 0 saturated heterocycles. The summed E-state index contributed by atoms with van der Waals surface area (Å²) < 4.78 is 0. The quantitative estimate of drug-likeness (QED) is 0.592. The van der Waals surface area contributed by atoms with Crippen molar-refractivity contribution < 1.29 is 0 Å². The van der Waals surface area contributed by atoms with Crippen LogP contribution in [-0.2, 0) is 0 Å². The van der Waals surface area contributed by atoms with Crippen LogP contribution in [0, 0.1) is 17.8 Å². The SMILES string of the molecule is CC1=CC2CC2C2=C1SC1C=CC=CC21. The molecule has 0 spiro atoms. The lowest BCUT2D eigenvalue weighted by atomic mass is 9.85. The first-order valence-electron chi connectivity index (χ1n) is 5.79. The summed E-state index contributed by atoms with van der Waals surface area (Å²) in [6.45, 7) is 2.29. The highest BCUT2D eigenvalue weighted by atomic mass is 32.2. The molecule has 4 rings (SSSR count). The number of allylic oxidation sites excluding steroid dienone is 6. The standard InChI is InChI=1S/C14H14S/c1-8-6-9-7-11(9)13-10-4-2-3-5-12(10)15-14(8)13/h2-6,9-12H,7H2,1H3. The molecule has 76 valence electrons. The lowest BCUT2D eigenvalue weighted by Crippen LogP contribution is -2.13. The molecule has 0 nitrogen and oxygen atoms in total. The van der Waals surface area contributed by atoms with Crippen LogP contribution in [0.3, 0.4) is 0 Å². The number of thioether (sulfide) groups is 1. The van der Waals surface area contributed by atoms with Crippen molar-refractivity contribution >= 4 is 11.8 Å². The summed E-state index contributed by atoms with van der Waals surface area (Å²) in [6, 6.07) is 0. The van der Waals surface area contributed by atoms with Gasteiger partial charge in [-0.2, -0.15) is 0 Å². The third-order valence-corrected chi connectivity index (χ3v) is 5.54. The van der Waals surface area contributed by atoms with Gasteiger partial charge in [0.05, 0.1) is 0 Å². The Morgan fingerprint density at radius 3 is 3.07 bits per heavy atom. The van der Waals surface area contributed by atoms with E-state index in [9.17, 15) is 0 Å². The van der Waals surface area contributed by atoms with E-state index < -0.39 is 0 Å². The molecular formula is C14H14S. The van der Waals surface area contributed by atoms with Crippen LogP contribution in [0.5, 0.6) is 0 Å². The van der Waals surface area contributed by atoms with Crippen molar-refractivity contribution in [2.24, 2.45) is 17.8 Å². The molecule has 4 atom stereocenters. The Morgan fingerprint density at radius 1 is 1.27 bits per heavy atom. The summed E-state index contributed by atoms with van der Waals surface area (Å²) in [4.78, 5) is 1.62. The van der Waals surface area contributed by atoms with Crippen LogP contribution in [-0.4, -0.2) is 5.25 Å². The molecule has 0 aromatic heterocycles. The van der Waals surface area contributed by atoms with Crippen LogP contribution in [0.15, 0.2) is 46.4 Å². The van der Waals surface area contributed by atoms with Gasteiger partial charge in [-0.05, 0) is 36.3 Å². The maximum absolute atomic E-state index is 2.50. The fourth-order valence-electron chi connectivity index (χ4n) is 3.22. The van der Waals surface area contributed by atoms with Gasteiger partial charge < -0.3 is 0 Å². The zero-order chi connectivity index (χ0) is 9.99. The average molecular weight is 214 g/mol. The molecule has 0 aromatic carbocycles. The van der Waals surface area contributed by atoms with Gasteiger partial charge in [0.2, 0.25) is 0 Å². The lowest BCUT2D eigenvalue weighted by Gasteiger charge is -2.18. The van der Waals surface area contributed by atoms with Crippen LogP contribution in [0.25, 0.3) is 0 Å². The normalized spacial score (nSPS) is 44.7. The molecule has 1 aliphatic heterocycles. The van der Waals surface area contributed by atoms with Gasteiger partial charge in [-0.3, -0.25) is 0 Å². The number of hydrogen-bond donors (Lipinski definition) is 0. The Bertz CT molecular complexity index is 450. The van der Waals surface area contributed by atoms with Gasteiger partial charge in [0.1, 0.15) is 0 Å². The van der Waals surface area contributed by atoms with Crippen molar-refractivity contribution in [2.75, 3.05) is 0 Å². The monoisotopic (exact) mass is 214 g/mol. The van der Waals surface area contributed by atoms with Crippen molar-refractivity contribution in [3.8, 4) is 0 Å². The molecule has 4 unspecified atom stereocenters. The average Bonchev–Trinajstić information content (AvgIpc) is 2.90. The Balaban J connectivity index is 1.84. The summed E-state index contributed by atoms with van der Waals surface area (Å²) in [6.07, 6.45) is 13.1. The Labute approximate surface area is 94.8 Å². The van der Waals surface area contributed by atoms with Crippen molar-refractivity contribution in [2.45, 2.75) is 18.6 Å². The highest BCUT2D eigenvalue weighted by Crippen LogP contribution is 2.61. The lowest BCUT2D eigenvalue weighted by molar-refractivity contribution is 0.709. The summed E-state index contributed by atoms with van der Waals surface area (Å²) in [5, 5.41) is 0.697. The van der Waals surface area contributed by atoms with E-state index in [1.807, 2.05) is 0 Å². The smallest absolute Gasteiger partial charge is 0.0378 e. The molecule has 1 fully saturated rings. The van der Waals surface area contributed by atoms with Crippen molar-refractivity contribution in [1.82, 2.24) is 0 Å². The fraction of sp³-hybridized carbons (Fsp3) is 0.429. The molecule has 0 N–H and O–H groups in total. The summed E-state index contributed by atoms with van der Waals surface area (Å²) in [7, 11) is 0. The molecule has 1 heterocycles. The maximum Gasteiger partial charge on any atom is 0.0378 e. The maximum atomic E-state index is 2.50. The summed E-state index contributed by atoms with van der Waals surface area (Å²) in [5.74, 6) is 2.51. The third-order valence-electron chi connectivity index (χ3n) is 4.02. The van der Waals surface area contributed by atoms with Gasteiger partial charge in [-0.1, -0.05) is 30.4 Å². The second-order valence-corrected chi connectivity index (χ2v) is 6.21. The van der Waals surface area contributed by atoms with E-state index in [1.165, 1.54) is 6.42 Å². The first kappa shape index (κ1) is 8.46. The van der Waals surface area contributed by atoms with Crippen LogP contribution in [0.1, 0.15) is 13.3 Å². The van der Waals surface area contributed by atoms with Crippen molar-refractivity contribution in [3.63, 3.8) is 0 Å². The molecule has 0 radical (unpaired) electrons. The van der Waals surface area contributed by atoms with Crippen LogP contribution >= 0.6 is 11.8 Å².